The van der Waals surface area contributed by atoms with E-state index in [-0.39, 0.29) is 5.84 Å². The molecule has 0 aliphatic carbocycles. The predicted molar refractivity (Wildman–Crippen MR) is 46.8 cm³/mol. The summed E-state index contributed by atoms with van der Waals surface area (Å²) in [6.45, 7) is 0. The number of nitrogens with two attached hydrogens (primary N) is 1. The van der Waals surface area contributed by atoms with Crippen molar-refractivity contribution in [1.29, 1.82) is 5.41 Å². The van der Waals surface area contributed by atoms with Crippen molar-refractivity contribution < 1.29 is 4.79 Å². The van der Waals surface area contributed by atoms with Crippen LogP contribution < -0.4 is 5.73 Å². The van der Waals surface area contributed by atoms with E-state index in [2.05, 4.69) is 0 Å². The molecule has 1 atom stereocenters. The zero-order valence-electron chi connectivity index (χ0n) is 6.45. The zero-order valence-corrected chi connectivity index (χ0v) is 6.45. The molecule has 1 aromatic rings. The second-order valence-corrected chi connectivity index (χ2v) is 2.42. The summed E-state index contributed by atoms with van der Waals surface area (Å²) in [6.07, 6.45) is 1.72. The van der Waals surface area contributed by atoms with E-state index in [1.54, 1.807) is 30.6 Å². The molecule has 0 amide bonds. The van der Waals surface area contributed by atoms with Gasteiger partial charge in [0.05, 0.1) is 0 Å². The van der Waals surface area contributed by atoms with Crippen molar-refractivity contribution in [1.82, 2.24) is 0 Å². The van der Waals surface area contributed by atoms with E-state index in [1.165, 1.54) is 0 Å². The van der Waals surface area contributed by atoms with Crippen molar-refractivity contribution in [2.24, 2.45) is 5.73 Å². The van der Waals surface area contributed by atoms with Gasteiger partial charge in [0.2, 0.25) is 6.29 Å². The highest BCUT2D eigenvalue weighted by molar-refractivity contribution is 5.98. The SMILES string of the molecule is N=C(N)C([C]=O)c1ccccc1. The van der Waals surface area contributed by atoms with Crippen molar-refractivity contribution in [2.45, 2.75) is 5.92 Å². The Morgan fingerprint density at radius 1 is 1.42 bits per heavy atom. The maximum atomic E-state index is 10.4. The molecule has 12 heavy (non-hydrogen) atoms. The van der Waals surface area contributed by atoms with Crippen molar-refractivity contribution in [3.05, 3.63) is 35.9 Å². The standard InChI is InChI=1S/C9H9N2O/c10-9(11)8(6-12)7-4-2-1-3-5-7/h1-5,8H,(H3,10,11). The molecule has 0 aliphatic heterocycles. The molecule has 0 heterocycles. The molecule has 0 aromatic heterocycles. The van der Waals surface area contributed by atoms with Gasteiger partial charge in [-0.2, -0.15) is 0 Å². The number of amidine groups is 1. The van der Waals surface area contributed by atoms with Crippen LogP contribution in [-0.4, -0.2) is 12.1 Å². The fourth-order valence-corrected chi connectivity index (χ4v) is 0.957. The van der Waals surface area contributed by atoms with E-state index >= 15 is 0 Å². The molecule has 1 unspecified atom stereocenters. The molecular weight excluding hydrogens is 152 g/mol. The van der Waals surface area contributed by atoms with Crippen molar-refractivity contribution in [3.8, 4) is 0 Å². The van der Waals surface area contributed by atoms with Crippen LogP contribution in [0.4, 0.5) is 0 Å². The summed E-state index contributed by atoms with van der Waals surface area (Å²) in [4.78, 5) is 10.4. The van der Waals surface area contributed by atoms with Crippen LogP contribution in [0.5, 0.6) is 0 Å². The average Bonchev–Trinajstić information content (AvgIpc) is 2.07. The Balaban J connectivity index is 2.95. The molecule has 0 spiro atoms. The molecule has 61 valence electrons. The van der Waals surface area contributed by atoms with Crippen LogP contribution in [0.2, 0.25) is 0 Å². The zero-order chi connectivity index (χ0) is 8.97. The Hall–Kier alpha value is -1.64. The molecule has 0 fully saturated rings. The molecule has 0 bridgehead atoms. The molecule has 1 rings (SSSR count). The third-order valence-electron chi connectivity index (χ3n) is 1.56. The lowest BCUT2D eigenvalue weighted by Gasteiger charge is -2.06. The van der Waals surface area contributed by atoms with E-state index in [9.17, 15) is 4.79 Å². The minimum atomic E-state index is -0.716. The lowest BCUT2D eigenvalue weighted by Crippen LogP contribution is -2.21. The maximum absolute atomic E-state index is 10.4. The first kappa shape index (κ1) is 8.46. The second-order valence-electron chi connectivity index (χ2n) is 2.42. The highest BCUT2D eigenvalue weighted by atomic mass is 16.1. The Morgan fingerprint density at radius 2 is 2.00 bits per heavy atom. The quantitative estimate of drug-likeness (QED) is 0.509. The summed E-state index contributed by atoms with van der Waals surface area (Å²) >= 11 is 0. The number of rotatable bonds is 3. The van der Waals surface area contributed by atoms with Gasteiger partial charge >= 0.3 is 0 Å². The number of hydrogen-bond donors (Lipinski definition) is 2. The summed E-state index contributed by atoms with van der Waals surface area (Å²) in [6, 6.07) is 8.92. The van der Waals surface area contributed by atoms with Gasteiger partial charge < -0.3 is 5.73 Å². The second kappa shape index (κ2) is 3.67. The molecule has 0 saturated heterocycles. The van der Waals surface area contributed by atoms with E-state index in [0.29, 0.717) is 5.56 Å². The average molecular weight is 161 g/mol. The van der Waals surface area contributed by atoms with Gasteiger partial charge in [-0.25, -0.2) is 0 Å². The van der Waals surface area contributed by atoms with E-state index < -0.39 is 5.92 Å². The van der Waals surface area contributed by atoms with Crippen LogP contribution in [-0.2, 0) is 4.79 Å². The normalized spacial score (nSPS) is 12.0. The minimum absolute atomic E-state index is 0.170. The summed E-state index contributed by atoms with van der Waals surface area (Å²) in [5.74, 6) is -0.887. The number of nitrogens with one attached hydrogen (secondary N) is 1. The van der Waals surface area contributed by atoms with Crippen LogP contribution in [0.15, 0.2) is 30.3 Å². The number of benzene rings is 1. The Morgan fingerprint density at radius 3 is 2.42 bits per heavy atom. The number of carbonyl (C=O) groups excluding carboxylic acids is 1. The fourth-order valence-electron chi connectivity index (χ4n) is 0.957. The van der Waals surface area contributed by atoms with Gasteiger partial charge in [-0.1, -0.05) is 30.3 Å². The van der Waals surface area contributed by atoms with Crippen LogP contribution >= 0.6 is 0 Å². The molecule has 1 aromatic carbocycles. The summed E-state index contributed by atoms with van der Waals surface area (Å²) in [5.41, 5.74) is 5.91. The maximum Gasteiger partial charge on any atom is 0.214 e. The van der Waals surface area contributed by atoms with E-state index in [4.69, 9.17) is 11.1 Å². The van der Waals surface area contributed by atoms with Crippen molar-refractivity contribution in [3.63, 3.8) is 0 Å². The lowest BCUT2D eigenvalue weighted by molar-refractivity contribution is 0.552. The summed E-state index contributed by atoms with van der Waals surface area (Å²) in [7, 11) is 0. The van der Waals surface area contributed by atoms with Crippen LogP contribution in [0.3, 0.4) is 0 Å². The highest BCUT2D eigenvalue weighted by Crippen LogP contribution is 2.11. The first-order chi connectivity index (χ1) is 5.75. The first-order valence-electron chi connectivity index (χ1n) is 3.52. The molecule has 3 nitrogen and oxygen atoms in total. The van der Waals surface area contributed by atoms with Gasteiger partial charge in [0.1, 0.15) is 11.8 Å². The monoisotopic (exact) mass is 161 g/mol. The topological polar surface area (TPSA) is 66.9 Å². The van der Waals surface area contributed by atoms with Crippen molar-refractivity contribution in [2.75, 3.05) is 0 Å². The van der Waals surface area contributed by atoms with E-state index in [0.717, 1.165) is 0 Å². The first-order valence-corrected chi connectivity index (χ1v) is 3.52. The van der Waals surface area contributed by atoms with E-state index in [1.807, 2.05) is 6.07 Å². The Kier molecular flexibility index (Phi) is 2.58. The minimum Gasteiger partial charge on any atom is -0.387 e. The van der Waals surface area contributed by atoms with Gasteiger partial charge in [0, 0.05) is 0 Å². The lowest BCUT2D eigenvalue weighted by atomic mass is 10.0. The molecule has 1 radical (unpaired) electrons. The Bertz CT molecular complexity index is 282. The smallest absolute Gasteiger partial charge is 0.214 e. The van der Waals surface area contributed by atoms with Gasteiger partial charge in [-0.3, -0.25) is 10.2 Å². The van der Waals surface area contributed by atoms with Gasteiger partial charge in [0.25, 0.3) is 0 Å². The molecule has 0 saturated carbocycles. The highest BCUT2D eigenvalue weighted by Gasteiger charge is 2.13. The molecular formula is C9H9N2O. The van der Waals surface area contributed by atoms with Crippen LogP contribution in [0, 0.1) is 5.41 Å². The predicted octanol–water partition coefficient (Wildman–Crippen LogP) is 0.816. The number of hydrogen-bond acceptors (Lipinski definition) is 2. The fraction of sp³-hybridized carbons (Fsp3) is 0.111. The van der Waals surface area contributed by atoms with Gasteiger partial charge in [0.15, 0.2) is 0 Å². The summed E-state index contributed by atoms with van der Waals surface area (Å²) < 4.78 is 0. The molecule has 0 aliphatic rings. The Labute approximate surface area is 70.7 Å². The third kappa shape index (κ3) is 1.69. The van der Waals surface area contributed by atoms with Gasteiger partial charge in [-0.15, -0.1) is 0 Å². The molecule has 3 N–H and O–H groups in total. The van der Waals surface area contributed by atoms with Crippen molar-refractivity contribution >= 4 is 12.1 Å². The van der Waals surface area contributed by atoms with Gasteiger partial charge in [-0.05, 0) is 5.56 Å². The van der Waals surface area contributed by atoms with Crippen LogP contribution in [0.1, 0.15) is 11.5 Å². The largest absolute Gasteiger partial charge is 0.387 e. The van der Waals surface area contributed by atoms with Crippen LogP contribution in [0.25, 0.3) is 0 Å². The third-order valence-corrected chi connectivity index (χ3v) is 1.56. The molecule has 3 heteroatoms. The summed E-state index contributed by atoms with van der Waals surface area (Å²) in [5, 5.41) is 7.10.